The molecule has 0 aliphatic carbocycles. The van der Waals surface area contributed by atoms with Crippen molar-refractivity contribution < 1.29 is 0 Å². The van der Waals surface area contributed by atoms with Crippen LogP contribution in [-0.4, -0.2) is 30.7 Å². The van der Waals surface area contributed by atoms with E-state index in [0.29, 0.717) is 6.04 Å². The average Bonchev–Trinajstić information content (AvgIpc) is 2.23. The topological polar surface area (TPSA) is 28.2 Å². The van der Waals surface area contributed by atoms with Crippen molar-refractivity contribution >= 4 is 5.82 Å². The zero-order valence-electron chi connectivity index (χ0n) is 9.53. The Balaban J connectivity index is 1.94. The van der Waals surface area contributed by atoms with Crippen LogP contribution in [0.1, 0.15) is 19.4 Å². The number of aryl methyl sites for hydroxylation is 1. The highest BCUT2D eigenvalue weighted by atomic mass is 15.3. The lowest BCUT2D eigenvalue weighted by atomic mass is 10.1. The van der Waals surface area contributed by atoms with E-state index in [1.165, 1.54) is 5.56 Å². The first kappa shape index (κ1) is 10.4. The molecule has 15 heavy (non-hydrogen) atoms. The molecule has 0 unspecified atom stereocenters. The number of nitrogens with one attached hydrogen (secondary N) is 1. The van der Waals surface area contributed by atoms with Crippen molar-refractivity contribution in [1.29, 1.82) is 0 Å². The second kappa shape index (κ2) is 4.62. The molecule has 0 amide bonds. The maximum Gasteiger partial charge on any atom is 0.128 e. The average molecular weight is 205 g/mol. The number of likely N-dealkylation sites (N-methyl/N-ethyl adjacent to an activating group) is 1. The third-order valence-corrected chi connectivity index (χ3v) is 2.92. The third kappa shape index (κ3) is 2.29. The Hall–Kier alpha value is -1.09. The summed E-state index contributed by atoms with van der Waals surface area (Å²) in [7, 11) is 0. The minimum Gasteiger partial charge on any atom is -0.353 e. The summed E-state index contributed by atoms with van der Waals surface area (Å²) < 4.78 is 0. The fraction of sp³-hybridized carbons (Fsp3) is 0.583. The highest BCUT2D eigenvalue weighted by molar-refractivity contribution is 5.44. The van der Waals surface area contributed by atoms with Gasteiger partial charge in [0.2, 0.25) is 0 Å². The van der Waals surface area contributed by atoms with Crippen LogP contribution in [0, 0.1) is 0 Å². The normalized spacial score (nSPS) is 16.5. The van der Waals surface area contributed by atoms with Gasteiger partial charge in [0.1, 0.15) is 5.82 Å². The monoisotopic (exact) mass is 205 g/mol. The molecular weight excluding hydrogens is 186 g/mol. The van der Waals surface area contributed by atoms with Crippen LogP contribution < -0.4 is 10.2 Å². The maximum atomic E-state index is 4.40. The van der Waals surface area contributed by atoms with E-state index in [0.717, 1.165) is 31.9 Å². The first-order valence-corrected chi connectivity index (χ1v) is 5.76. The molecule has 1 fully saturated rings. The van der Waals surface area contributed by atoms with Gasteiger partial charge in [0.15, 0.2) is 0 Å². The highest BCUT2D eigenvalue weighted by Crippen LogP contribution is 2.19. The van der Waals surface area contributed by atoms with E-state index in [4.69, 9.17) is 0 Å². The summed E-state index contributed by atoms with van der Waals surface area (Å²) in [6, 6.07) is 4.94. The van der Waals surface area contributed by atoms with Crippen molar-refractivity contribution in [3.63, 3.8) is 0 Å². The molecule has 0 bridgehead atoms. The van der Waals surface area contributed by atoms with Crippen molar-refractivity contribution in [3.8, 4) is 0 Å². The van der Waals surface area contributed by atoms with E-state index >= 15 is 0 Å². The Morgan fingerprint density at radius 1 is 1.47 bits per heavy atom. The van der Waals surface area contributed by atoms with Gasteiger partial charge in [-0.05, 0) is 30.7 Å². The van der Waals surface area contributed by atoms with Gasteiger partial charge in [-0.2, -0.15) is 0 Å². The standard InChI is InChI=1S/C12H19N3/c1-3-10-5-6-14-12(7-10)15-8-11(9-15)13-4-2/h5-7,11,13H,3-4,8-9H2,1-2H3. The van der Waals surface area contributed by atoms with E-state index < -0.39 is 0 Å². The molecule has 0 saturated carbocycles. The molecule has 2 rings (SSSR count). The second-order valence-corrected chi connectivity index (χ2v) is 4.04. The lowest BCUT2D eigenvalue weighted by molar-refractivity contribution is 0.426. The van der Waals surface area contributed by atoms with E-state index in [1.807, 2.05) is 6.20 Å². The Labute approximate surface area is 91.5 Å². The molecular formula is C12H19N3. The Morgan fingerprint density at radius 2 is 2.27 bits per heavy atom. The minimum atomic E-state index is 0.655. The number of anilines is 1. The number of hydrogen-bond donors (Lipinski definition) is 1. The van der Waals surface area contributed by atoms with Gasteiger partial charge < -0.3 is 10.2 Å². The SMILES string of the molecule is CCNC1CN(c2cc(CC)ccn2)C1. The van der Waals surface area contributed by atoms with Gasteiger partial charge in [-0.1, -0.05) is 13.8 Å². The molecule has 3 heteroatoms. The van der Waals surface area contributed by atoms with Crippen molar-refractivity contribution in [2.24, 2.45) is 0 Å². The molecule has 1 aliphatic heterocycles. The zero-order valence-corrected chi connectivity index (χ0v) is 9.53. The first-order valence-electron chi connectivity index (χ1n) is 5.76. The Bertz CT molecular complexity index is 318. The van der Waals surface area contributed by atoms with E-state index in [9.17, 15) is 0 Å². The Kier molecular flexibility index (Phi) is 3.21. The maximum absolute atomic E-state index is 4.40. The fourth-order valence-electron chi connectivity index (χ4n) is 1.94. The molecule has 1 saturated heterocycles. The molecule has 1 aliphatic rings. The number of aromatic nitrogens is 1. The molecule has 2 heterocycles. The predicted molar refractivity (Wildman–Crippen MR) is 63.3 cm³/mol. The molecule has 0 radical (unpaired) electrons. The van der Waals surface area contributed by atoms with Crippen LogP contribution in [0.4, 0.5) is 5.82 Å². The van der Waals surface area contributed by atoms with Gasteiger partial charge >= 0.3 is 0 Å². The number of hydrogen-bond acceptors (Lipinski definition) is 3. The molecule has 1 aromatic heterocycles. The van der Waals surface area contributed by atoms with Crippen LogP contribution in [0.25, 0.3) is 0 Å². The van der Waals surface area contributed by atoms with Gasteiger partial charge in [0.05, 0.1) is 0 Å². The van der Waals surface area contributed by atoms with E-state index in [1.54, 1.807) is 0 Å². The summed E-state index contributed by atoms with van der Waals surface area (Å²) in [5, 5.41) is 3.44. The van der Waals surface area contributed by atoms with Crippen LogP contribution in [0.15, 0.2) is 18.3 Å². The van der Waals surface area contributed by atoms with Gasteiger partial charge in [-0.3, -0.25) is 0 Å². The quantitative estimate of drug-likeness (QED) is 0.806. The molecule has 82 valence electrons. The lowest BCUT2D eigenvalue weighted by Crippen LogP contribution is -2.58. The summed E-state index contributed by atoms with van der Waals surface area (Å²) in [4.78, 5) is 6.73. The summed E-state index contributed by atoms with van der Waals surface area (Å²) >= 11 is 0. The van der Waals surface area contributed by atoms with E-state index in [-0.39, 0.29) is 0 Å². The summed E-state index contributed by atoms with van der Waals surface area (Å²) in [5.74, 6) is 1.13. The fourth-order valence-corrected chi connectivity index (χ4v) is 1.94. The van der Waals surface area contributed by atoms with Crippen LogP contribution in [0.2, 0.25) is 0 Å². The Morgan fingerprint density at radius 3 is 2.93 bits per heavy atom. The highest BCUT2D eigenvalue weighted by Gasteiger charge is 2.26. The largest absolute Gasteiger partial charge is 0.353 e. The minimum absolute atomic E-state index is 0.655. The van der Waals surface area contributed by atoms with Crippen molar-refractivity contribution in [2.45, 2.75) is 26.3 Å². The summed E-state index contributed by atoms with van der Waals surface area (Å²) in [6.07, 6.45) is 2.99. The summed E-state index contributed by atoms with van der Waals surface area (Å²) in [5.41, 5.74) is 1.37. The first-order chi connectivity index (χ1) is 7.33. The number of pyridine rings is 1. The van der Waals surface area contributed by atoms with Crippen LogP contribution in [-0.2, 0) is 6.42 Å². The molecule has 3 nitrogen and oxygen atoms in total. The summed E-state index contributed by atoms with van der Waals surface area (Å²) in [6.45, 7) is 7.57. The van der Waals surface area contributed by atoms with Crippen LogP contribution in [0.3, 0.4) is 0 Å². The van der Waals surface area contributed by atoms with Gasteiger partial charge in [0.25, 0.3) is 0 Å². The number of rotatable bonds is 4. The van der Waals surface area contributed by atoms with Crippen LogP contribution in [0.5, 0.6) is 0 Å². The van der Waals surface area contributed by atoms with E-state index in [2.05, 4.69) is 41.2 Å². The van der Waals surface area contributed by atoms with Gasteiger partial charge in [-0.15, -0.1) is 0 Å². The number of nitrogens with zero attached hydrogens (tertiary/aromatic N) is 2. The molecule has 0 atom stereocenters. The van der Waals surface area contributed by atoms with Crippen molar-refractivity contribution in [2.75, 3.05) is 24.5 Å². The molecule has 1 N–H and O–H groups in total. The van der Waals surface area contributed by atoms with Gasteiger partial charge in [-0.25, -0.2) is 4.98 Å². The second-order valence-electron chi connectivity index (χ2n) is 4.04. The smallest absolute Gasteiger partial charge is 0.128 e. The van der Waals surface area contributed by atoms with Crippen LogP contribution >= 0.6 is 0 Å². The molecule has 0 aromatic carbocycles. The lowest BCUT2D eigenvalue weighted by Gasteiger charge is -2.40. The third-order valence-electron chi connectivity index (χ3n) is 2.92. The predicted octanol–water partition coefficient (Wildman–Crippen LogP) is 1.44. The van der Waals surface area contributed by atoms with Crippen molar-refractivity contribution in [3.05, 3.63) is 23.9 Å². The zero-order chi connectivity index (χ0) is 10.7. The molecule has 1 aromatic rings. The van der Waals surface area contributed by atoms with Gasteiger partial charge in [0, 0.05) is 25.3 Å². The van der Waals surface area contributed by atoms with Crippen molar-refractivity contribution in [1.82, 2.24) is 10.3 Å². The molecule has 0 spiro atoms.